The van der Waals surface area contributed by atoms with E-state index in [1.54, 1.807) is 0 Å². The van der Waals surface area contributed by atoms with Crippen molar-refractivity contribution < 1.29 is 4.21 Å². The second-order valence-corrected chi connectivity index (χ2v) is 3.95. The molecule has 1 unspecified atom stereocenters. The highest BCUT2D eigenvalue weighted by Crippen LogP contribution is 2.01. The summed E-state index contributed by atoms with van der Waals surface area (Å²) in [4.78, 5) is 0. The first kappa shape index (κ1) is 7.00. The molecule has 1 aliphatic heterocycles. The van der Waals surface area contributed by atoms with Gasteiger partial charge in [-0.1, -0.05) is 12.2 Å². The molecule has 0 aliphatic carbocycles. The highest BCUT2D eigenvalue weighted by atomic mass is 32.2. The Balaban J connectivity index is 2.35. The predicted molar refractivity (Wildman–Crippen MR) is 40.9 cm³/mol. The van der Waals surface area contributed by atoms with Crippen LogP contribution in [0.15, 0.2) is 12.2 Å². The third-order valence-corrected chi connectivity index (χ3v) is 2.86. The zero-order valence-corrected chi connectivity index (χ0v) is 6.32. The summed E-state index contributed by atoms with van der Waals surface area (Å²) in [6, 6.07) is 0. The van der Waals surface area contributed by atoms with Crippen molar-refractivity contribution in [3.63, 3.8) is 0 Å². The summed E-state index contributed by atoms with van der Waals surface area (Å²) in [5.41, 5.74) is 0. The molecule has 9 heavy (non-hydrogen) atoms. The van der Waals surface area contributed by atoms with Crippen LogP contribution in [-0.4, -0.2) is 15.7 Å². The molecule has 0 amide bonds. The lowest BCUT2D eigenvalue weighted by Crippen LogP contribution is -2.03. The topological polar surface area (TPSA) is 17.1 Å². The molecule has 0 fully saturated rings. The van der Waals surface area contributed by atoms with Crippen LogP contribution in [0.25, 0.3) is 0 Å². The zero-order chi connectivity index (χ0) is 6.53. The molecule has 0 saturated carbocycles. The molecule has 2 heteroatoms. The van der Waals surface area contributed by atoms with Crippen LogP contribution in [0, 0.1) is 0 Å². The lowest BCUT2D eigenvalue weighted by molar-refractivity contribution is 0.679. The van der Waals surface area contributed by atoms with Gasteiger partial charge in [-0.25, -0.2) is 0 Å². The Bertz CT molecular complexity index is 129. The standard InChI is InChI=1S/C7H12OS/c8-9-6-4-2-1-3-5-7-9/h1-2H,3-7H2/b2-1+. The smallest absolute Gasteiger partial charge is 0.0269 e. The number of hydrogen-bond donors (Lipinski definition) is 0. The molecule has 0 bridgehead atoms. The lowest BCUT2D eigenvalue weighted by atomic mass is 10.3. The minimum absolute atomic E-state index is 0.520. The van der Waals surface area contributed by atoms with E-state index in [9.17, 15) is 4.21 Å². The SMILES string of the molecule is O=S1CC/C=C/CCC1. The molecule has 0 aromatic rings. The van der Waals surface area contributed by atoms with Crippen LogP contribution in [0.3, 0.4) is 0 Å². The van der Waals surface area contributed by atoms with E-state index in [4.69, 9.17) is 0 Å². The van der Waals surface area contributed by atoms with Crippen molar-refractivity contribution in [2.75, 3.05) is 11.5 Å². The first-order chi connectivity index (χ1) is 4.39. The van der Waals surface area contributed by atoms with Crippen LogP contribution in [0.1, 0.15) is 19.3 Å². The highest BCUT2D eigenvalue weighted by molar-refractivity contribution is 7.84. The largest absolute Gasteiger partial charge is 0.260 e. The molecule has 0 radical (unpaired) electrons. The Morgan fingerprint density at radius 1 is 1.11 bits per heavy atom. The van der Waals surface area contributed by atoms with Gasteiger partial charge in [-0.2, -0.15) is 0 Å². The summed E-state index contributed by atoms with van der Waals surface area (Å²) in [6.45, 7) is 0. The molecule has 1 rings (SSSR count). The van der Waals surface area contributed by atoms with Crippen LogP contribution in [0.2, 0.25) is 0 Å². The molecule has 0 spiro atoms. The van der Waals surface area contributed by atoms with E-state index < -0.39 is 10.8 Å². The molecule has 0 aromatic heterocycles. The molecule has 1 aliphatic rings. The molecule has 1 nitrogen and oxygen atoms in total. The quantitative estimate of drug-likeness (QED) is 0.471. The number of hydrogen-bond acceptors (Lipinski definition) is 1. The Kier molecular flexibility index (Phi) is 2.98. The van der Waals surface area contributed by atoms with E-state index in [0.717, 1.165) is 30.8 Å². The van der Waals surface area contributed by atoms with Crippen molar-refractivity contribution in [1.29, 1.82) is 0 Å². The normalized spacial score (nSPS) is 32.7. The van der Waals surface area contributed by atoms with E-state index in [1.165, 1.54) is 0 Å². The minimum atomic E-state index is -0.520. The van der Waals surface area contributed by atoms with Gasteiger partial charge in [-0.15, -0.1) is 0 Å². The van der Waals surface area contributed by atoms with Gasteiger partial charge in [0.15, 0.2) is 0 Å². The van der Waals surface area contributed by atoms with Crippen LogP contribution in [0.5, 0.6) is 0 Å². The van der Waals surface area contributed by atoms with Gasteiger partial charge in [-0.3, -0.25) is 4.21 Å². The van der Waals surface area contributed by atoms with Crippen LogP contribution in [0.4, 0.5) is 0 Å². The van der Waals surface area contributed by atoms with Crippen LogP contribution < -0.4 is 0 Å². The Morgan fingerprint density at radius 2 is 1.89 bits per heavy atom. The summed E-state index contributed by atoms with van der Waals surface area (Å²) in [5.74, 6) is 1.78. The maximum Gasteiger partial charge on any atom is 0.0269 e. The number of allylic oxidation sites excluding steroid dienone is 2. The summed E-state index contributed by atoms with van der Waals surface area (Å²) in [7, 11) is -0.520. The van der Waals surface area contributed by atoms with Gasteiger partial charge in [-0.05, 0) is 19.3 Å². The fraction of sp³-hybridized carbons (Fsp3) is 0.714. The average Bonchev–Trinajstić information content (AvgIpc) is 1.79. The first-order valence-electron chi connectivity index (χ1n) is 3.39. The summed E-state index contributed by atoms with van der Waals surface area (Å²) in [6.07, 6.45) is 7.55. The Morgan fingerprint density at radius 3 is 2.78 bits per heavy atom. The van der Waals surface area contributed by atoms with Gasteiger partial charge in [0.2, 0.25) is 0 Å². The Labute approximate surface area is 58.6 Å². The van der Waals surface area contributed by atoms with Gasteiger partial charge in [0.05, 0.1) is 0 Å². The van der Waals surface area contributed by atoms with Crippen molar-refractivity contribution in [3.05, 3.63) is 12.2 Å². The molecule has 0 saturated heterocycles. The van der Waals surface area contributed by atoms with Crippen molar-refractivity contribution in [2.24, 2.45) is 0 Å². The maximum absolute atomic E-state index is 10.9. The first-order valence-corrected chi connectivity index (χ1v) is 4.88. The van der Waals surface area contributed by atoms with Crippen LogP contribution in [-0.2, 0) is 10.8 Å². The van der Waals surface area contributed by atoms with E-state index in [-0.39, 0.29) is 0 Å². The molecule has 52 valence electrons. The fourth-order valence-electron chi connectivity index (χ4n) is 0.899. The number of rotatable bonds is 0. The third-order valence-electron chi connectivity index (χ3n) is 1.42. The Hall–Kier alpha value is -0.110. The van der Waals surface area contributed by atoms with Crippen molar-refractivity contribution in [1.82, 2.24) is 0 Å². The van der Waals surface area contributed by atoms with Crippen LogP contribution >= 0.6 is 0 Å². The van der Waals surface area contributed by atoms with Crippen molar-refractivity contribution >= 4 is 10.8 Å². The van der Waals surface area contributed by atoms with Gasteiger partial charge in [0, 0.05) is 22.3 Å². The van der Waals surface area contributed by atoms with Gasteiger partial charge in [0.1, 0.15) is 0 Å². The average molecular weight is 144 g/mol. The van der Waals surface area contributed by atoms with Gasteiger partial charge < -0.3 is 0 Å². The summed E-state index contributed by atoms with van der Waals surface area (Å²) < 4.78 is 10.9. The van der Waals surface area contributed by atoms with Crippen molar-refractivity contribution in [2.45, 2.75) is 19.3 Å². The maximum atomic E-state index is 10.9. The van der Waals surface area contributed by atoms with E-state index in [0.29, 0.717) is 0 Å². The molecule has 1 heterocycles. The van der Waals surface area contributed by atoms with Gasteiger partial charge in [0.25, 0.3) is 0 Å². The van der Waals surface area contributed by atoms with E-state index in [2.05, 4.69) is 12.2 Å². The minimum Gasteiger partial charge on any atom is -0.260 e. The predicted octanol–water partition coefficient (Wildman–Crippen LogP) is 1.48. The fourth-order valence-corrected chi connectivity index (χ4v) is 1.99. The van der Waals surface area contributed by atoms with E-state index >= 15 is 0 Å². The molecular weight excluding hydrogens is 132 g/mol. The lowest BCUT2D eigenvalue weighted by Gasteiger charge is -2.01. The summed E-state index contributed by atoms with van der Waals surface area (Å²) in [5, 5.41) is 0. The second-order valence-electron chi connectivity index (χ2n) is 2.25. The third kappa shape index (κ3) is 2.80. The second kappa shape index (κ2) is 3.83. The molecule has 1 atom stereocenters. The molecule has 0 N–H and O–H groups in total. The molecular formula is C7H12OS. The summed E-state index contributed by atoms with van der Waals surface area (Å²) >= 11 is 0. The van der Waals surface area contributed by atoms with Gasteiger partial charge >= 0.3 is 0 Å². The molecule has 0 aromatic carbocycles. The van der Waals surface area contributed by atoms with Crippen molar-refractivity contribution in [3.8, 4) is 0 Å². The zero-order valence-electron chi connectivity index (χ0n) is 5.51. The monoisotopic (exact) mass is 144 g/mol. The highest BCUT2D eigenvalue weighted by Gasteiger charge is 1.98. The van der Waals surface area contributed by atoms with E-state index in [1.807, 2.05) is 0 Å².